The predicted octanol–water partition coefficient (Wildman–Crippen LogP) is 6.33. The number of fused-ring (bicyclic) bond motifs is 2. The normalized spacial score (nSPS) is 14.6. The van der Waals surface area contributed by atoms with Crippen LogP contribution in [-0.4, -0.2) is 38.2 Å². The molecule has 4 aromatic rings. The summed E-state index contributed by atoms with van der Waals surface area (Å²) in [4.78, 5) is 29.5. The minimum absolute atomic E-state index is 0.102. The first-order valence-corrected chi connectivity index (χ1v) is 13.6. The molecule has 7 heteroatoms. The number of hydrogen-bond acceptors (Lipinski definition) is 6. The molecule has 0 radical (unpaired) electrons. The molecular weight excluding hydrogens is 506 g/mol. The Bertz CT molecular complexity index is 1600. The molecule has 7 nitrogen and oxygen atoms in total. The molecule has 0 saturated heterocycles. The number of benzene rings is 3. The van der Waals surface area contributed by atoms with Crippen molar-refractivity contribution in [1.82, 2.24) is 4.90 Å². The van der Waals surface area contributed by atoms with Crippen LogP contribution in [0.15, 0.2) is 69.9 Å². The van der Waals surface area contributed by atoms with Gasteiger partial charge in [0.15, 0.2) is 16.9 Å². The average molecular weight is 542 g/mol. The Hall–Kier alpha value is -4.26. The molecule has 1 unspecified atom stereocenters. The summed E-state index contributed by atoms with van der Waals surface area (Å²) in [5.41, 5.74) is 3.33. The van der Waals surface area contributed by atoms with Crippen LogP contribution in [0.5, 0.6) is 17.2 Å². The third-order valence-corrected chi connectivity index (χ3v) is 7.35. The fourth-order valence-corrected chi connectivity index (χ4v) is 5.18. The average Bonchev–Trinajstić information content (AvgIpc) is 3.23. The first-order valence-electron chi connectivity index (χ1n) is 13.6. The van der Waals surface area contributed by atoms with E-state index < -0.39 is 6.04 Å². The number of carbonyl (C=O) groups is 1. The third kappa shape index (κ3) is 5.28. The first-order chi connectivity index (χ1) is 19.3. The van der Waals surface area contributed by atoms with Gasteiger partial charge in [-0.1, -0.05) is 43.7 Å². The lowest BCUT2D eigenvalue weighted by atomic mass is 9.97. The lowest BCUT2D eigenvalue weighted by molar-refractivity contribution is 0.0729. The molecule has 3 aromatic carbocycles. The van der Waals surface area contributed by atoms with E-state index in [-0.39, 0.29) is 17.1 Å². The SMILES string of the molecule is COc1ccc(CCN2C(=O)c3oc4ccc(C)cc4c(=O)c3C2c2cccc(OCCC(C)C)c2)cc1OC. The van der Waals surface area contributed by atoms with Crippen molar-refractivity contribution < 1.29 is 23.4 Å². The van der Waals surface area contributed by atoms with E-state index in [1.807, 2.05) is 61.5 Å². The fourth-order valence-electron chi connectivity index (χ4n) is 5.18. The van der Waals surface area contributed by atoms with Crippen molar-refractivity contribution in [3.8, 4) is 17.2 Å². The third-order valence-electron chi connectivity index (χ3n) is 7.35. The van der Waals surface area contributed by atoms with Crippen molar-refractivity contribution in [1.29, 1.82) is 0 Å². The number of methoxy groups -OCH3 is 2. The van der Waals surface area contributed by atoms with Crippen LogP contribution >= 0.6 is 0 Å². The zero-order valence-corrected chi connectivity index (χ0v) is 23.7. The molecule has 1 atom stereocenters. The smallest absolute Gasteiger partial charge is 0.290 e. The van der Waals surface area contributed by atoms with Crippen LogP contribution < -0.4 is 19.6 Å². The van der Waals surface area contributed by atoms with Gasteiger partial charge in [0.25, 0.3) is 5.91 Å². The zero-order valence-electron chi connectivity index (χ0n) is 23.7. The lowest BCUT2D eigenvalue weighted by Crippen LogP contribution is -2.31. The second-order valence-corrected chi connectivity index (χ2v) is 10.6. The molecule has 0 N–H and O–H groups in total. The Balaban J connectivity index is 1.55. The second kappa shape index (κ2) is 11.5. The number of hydrogen-bond donors (Lipinski definition) is 0. The van der Waals surface area contributed by atoms with Gasteiger partial charge < -0.3 is 23.5 Å². The Morgan fingerprint density at radius 1 is 0.950 bits per heavy atom. The highest BCUT2D eigenvalue weighted by Gasteiger charge is 2.42. The molecule has 0 aliphatic carbocycles. The summed E-state index contributed by atoms with van der Waals surface area (Å²) < 4.78 is 23.0. The molecule has 0 fully saturated rings. The predicted molar refractivity (Wildman–Crippen MR) is 155 cm³/mol. The van der Waals surface area contributed by atoms with E-state index in [0.717, 1.165) is 23.1 Å². The minimum Gasteiger partial charge on any atom is -0.494 e. The first kappa shape index (κ1) is 27.3. The summed E-state index contributed by atoms with van der Waals surface area (Å²) in [6.45, 7) is 7.21. The number of rotatable bonds is 10. The molecule has 208 valence electrons. The van der Waals surface area contributed by atoms with Gasteiger partial charge in [-0.25, -0.2) is 0 Å². The quantitative estimate of drug-likeness (QED) is 0.233. The van der Waals surface area contributed by atoms with Crippen molar-refractivity contribution in [2.45, 2.75) is 39.7 Å². The van der Waals surface area contributed by atoms with Gasteiger partial charge in [0, 0.05) is 6.54 Å². The standard InChI is InChI=1S/C33H35NO6/c1-20(2)14-16-39-24-8-6-7-23(19-24)30-29-31(35)25-17-21(3)9-11-26(25)40-32(29)33(36)34(30)15-13-22-10-12-27(37-4)28(18-22)38-5/h6-12,17-20,30H,13-16H2,1-5H3. The minimum atomic E-state index is -0.600. The van der Waals surface area contributed by atoms with Crippen LogP contribution in [0.2, 0.25) is 0 Å². The largest absolute Gasteiger partial charge is 0.494 e. The van der Waals surface area contributed by atoms with E-state index in [2.05, 4.69) is 13.8 Å². The van der Waals surface area contributed by atoms with E-state index >= 15 is 0 Å². The summed E-state index contributed by atoms with van der Waals surface area (Å²) in [5.74, 6) is 2.30. The van der Waals surface area contributed by atoms with Crippen LogP contribution in [0, 0.1) is 12.8 Å². The summed E-state index contributed by atoms with van der Waals surface area (Å²) in [7, 11) is 3.19. The maximum atomic E-state index is 13.9. The highest BCUT2D eigenvalue weighted by molar-refractivity contribution is 5.99. The number of carbonyl (C=O) groups excluding carboxylic acids is 1. The molecular formula is C33H35NO6. The maximum absolute atomic E-state index is 13.9. The molecule has 0 saturated carbocycles. The summed E-state index contributed by atoms with van der Waals surface area (Å²) in [6, 6.07) is 18.2. The van der Waals surface area contributed by atoms with Crippen LogP contribution in [0.4, 0.5) is 0 Å². The van der Waals surface area contributed by atoms with E-state index in [9.17, 15) is 9.59 Å². The van der Waals surface area contributed by atoms with Crippen molar-refractivity contribution in [2.24, 2.45) is 5.92 Å². The van der Waals surface area contributed by atoms with E-state index in [1.54, 1.807) is 25.2 Å². The Kier molecular flexibility index (Phi) is 7.83. The number of ether oxygens (including phenoxy) is 3. The van der Waals surface area contributed by atoms with Crippen LogP contribution in [0.3, 0.4) is 0 Å². The molecule has 1 amide bonds. The maximum Gasteiger partial charge on any atom is 0.290 e. The van der Waals surface area contributed by atoms with Gasteiger partial charge >= 0.3 is 0 Å². The van der Waals surface area contributed by atoms with Crippen molar-refractivity contribution in [3.05, 3.63) is 98.9 Å². The highest BCUT2D eigenvalue weighted by atomic mass is 16.5. The fraction of sp³-hybridized carbons (Fsp3) is 0.333. The molecule has 40 heavy (non-hydrogen) atoms. The van der Waals surface area contributed by atoms with E-state index in [4.69, 9.17) is 18.6 Å². The molecule has 1 aromatic heterocycles. The van der Waals surface area contributed by atoms with Crippen molar-refractivity contribution >= 4 is 16.9 Å². The van der Waals surface area contributed by atoms with Gasteiger partial charge in [-0.15, -0.1) is 0 Å². The summed E-state index contributed by atoms with van der Waals surface area (Å²) in [6.07, 6.45) is 1.48. The topological polar surface area (TPSA) is 78.2 Å². The molecule has 0 spiro atoms. The van der Waals surface area contributed by atoms with Gasteiger partial charge in [0.1, 0.15) is 11.3 Å². The number of nitrogens with zero attached hydrogens (tertiary/aromatic N) is 1. The van der Waals surface area contributed by atoms with Gasteiger partial charge in [0.05, 0.1) is 37.8 Å². The molecule has 5 rings (SSSR count). The van der Waals surface area contributed by atoms with Crippen molar-refractivity contribution in [3.63, 3.8) is 0 Å². The molecule has 1 aliphatic heterocycles. The highest BCUT2D eigenvalue weighted by Crippen LogP contribution is 2.39. The molecule has 1 aliphatic rings. The molecule has 2 heterocycles. The zero-order chi connectivity index (χ0) is 28.4. The number of amides is 1. The van der Waals surface area contributed by atoms with Crippen LogP contribution in [0.25, 0.3) is 11.0 Å². The summed E-state index contributed by atoms with van der Waals surface area (Å²) >= 11 is 0. The summed E-state index contributed by atoms with van der Waals surface area (Å²) in [5, 5.41) is 0.475. The monoisotopic (exact) mass is 541 g/mol. The van der Waals surface area contributed by atoms with Gasteiger partial charge in [-0.3, -0.25) is 9.59 Å². The second-order valence-electron chi connectivity index (χ2n) is 10.6. The number of aryl methyl sites for hydroxylation is 1. The van der Waals surface area contributed by atoms with Gasteiger partial charge in [-0.05, 0) is 73.2 Å². The van der Waals surface area contributed by atoms with E-state index in [1.165, 1.54) is 0 Å². The lowest BCUT2D eigenvalue weighted by Gasteiger charge is -2.25. The van der Waals surface area contributed by atoms with Crippen molar-refractivity contribution in [2.75, 3.05) is 27.4 Å². The Morgan fingerprint density at radius 2 is 1.75 bits per heavy atom. The Labute approximate surface area is 234 Å². The molecule has 0 bridgehead atoms. The van der Waals surface area contributed by atoms with Crippen LogP contribution in [-0.2, 0) is 6.42 Å². The van der Waals surface area contributed by atoms with Gasteiger partial charge in [0.2, 0.25) is 5.76 Å². The Morgan fingerprint density at radius 3 is 2.50 bits per heavy atom. The van der Waals surface area contributed by atoms with E-state index in [0.29, 0.717) is 59.3 Å². The van der Waals surface area contributed by atoms with Crippen LogP contribution in [0.1, 0.15) is 59.1 Å². The van der Waals surface area contributed by atoms with Gasteiger partial charge in [-0.2, -0.15) is 0 Å².